The van der Waals surface area contributed by atoms with Gasteiger partial charge in [-0.15, -0.1) is 0 Å². The van der Waals surface area contributed by atoms with Crippen LogP contribution in [0.15, 0.2) is 0 Å². The van der Waals surface area contributed by atoms with Gasteiger partial charge in [0, 0.05) is 18.0 Å². The molecular weight excluding hydrogens is 164 g/mol. The largest absolute Gasteiger partial charge is 0.524 e. The summed E-state index contributed by atoms with van der Waals surface area (Å²) in [7, 11) is 0. The summed E-state index contributed by atoms with van der Waals surface area (Å²) in [4.78, 5) is 15.0. The first-order valence-electron chi connectivity index (χ1n) is 3.69. The molecule has 1 unspecified atom stereocenters. The lowest BCUT2D eigenvalue weighted by Gasteiger charge is -2.12. The van der Waals surface area contributed by atoms with Crippen molar-refractivity contribution in [3.63, 3.8) is 0 Å². The molecule has 66 valence electrons. The highest BCUT2D eigenvalue weighted by Gasteiger charge is 2.43. The monoisotopic (exact) mass is 172 g/mol. The SMILES string of the molecule is O=C([O-])N1OC(O)C2=[N+]1CCC2. The number of aliphatic hydroxyl groups excluding tert-OH is 1. The van der Waals surface area contributed by atoms with E-state index in [1.807, 2.05) is 0 Å². The number of amides is 1. The highest BCUT2D eigenvalue weighted by atomic mass is 16.8. The fourth-order valence-corrected chi connectivity index (χ4v) is 1.49. The minimum absolute atomic E-state index is 0.556. The molecule has 2 heterocycles. The summed E-state index contributed by atoms with van der Waals surface area (Å²) in [6.45, 7) is 0.556. The van der Waals surface area contributed by atoms with Gasteiger partial charge in [0.15, 0.2) is 6.54 Å². The standard InChI is InChI=1S/C6H8N2O4/c9-5-4-2-1-3-7(4)8(12-5)6(10)11/h5,9H,1-3H2. The van der Waals surface area contributed by atoms with Crippen LogP contribution < -0.4 is 5.11 Å². The first-order chi connectivity index (χ1) is 5.70. The fraction of sp³-hybridized carbons (Fsp3) is 0.667. The van der Waals surface area contributed by atoms with Gasteiger partial charge in [-0.2, -0.15) is 4.84 Å². The predicted octanol–water partition coefficient (Wildman–Crippen LogP) is -1.94. The Morgan fingerprint density at radius 2 is 2.58 bits per heavy atom. The number of hydrogen-bond acceptors (Lipinski definition) is 4. The molecular formula is C6H8N2O4. The number of rotatable bonds is 0. The van der Waals surface area contributed by atoms with Gasteiger partial charge in [-0.1, -0.05) is 4.68 Å². The molecule has 0 spiro atoms. The first-order valence-corrected chi connectivity index (χ1v) is 3.69. The zero-order chi connectivity index (χ0) is 8.72. The van der Waals surface area contributed by atoms with Gasteiger partial charge in [0.05, 0.1) is 0 Å². The van der Waals surface area contributed by atoms with Gasteiger partial charge in [-0.25, -0.2) is 0 Å². The smallest absolute Gasteiger partial charge is 0.271 e. The van der Waals surface area contributed by atoms with Crippen molar-refractivity contribution in [1.29, 1.82) is 0 Å². The van der Waals surface area contributed by atoms with Crippen molar-refractivity contribution < 1.29 is 24.5 Å². The number of nitrogens with zero attached hydrogens (tertiary/aromatic N) is 2. The summed E-state index contributed by atoms with van der Waals surface area (Å²) >= 11 is 0. The van der Waals surface area contributed by atoms with E-state index in [0.717, 1.165) is 6.42 Å². The molecule has 2 rings (SSSR count). The number of carbonyl (C=O) groups is 1. The van der Waals surface area contributed by atoms with Crippen molar-refractivity contribution in [3.05, 3.63) is 0 Å². The molecule has 1 amide bonds. The Kier molecular flexibility index (Phi) is 1.52. The minimum atomic E-state index is -1.45. The van der Waals surface area contributed by atoms with Crippen LogP contribution in [0.5, 0.6) is 0 Å². The third kappa shape index (κ3) is 0.886. The summed E-state index contributed by atoms with van der Waals surface area (Å²) in [5.41, 5.74) is 0.596. The molecule has 1 N–H and O–H groups in total. The third-order valence-corrected chi connectivity index (χ3v) is 1.99. The Bertz CT molecular complexity index is 262. The Morgan fingerprint density at radius 3 is 3.25 bits per heavy atom. The second-order valence-corrected chi connectivity index (χ2v) is 2.71. The van der Waals surface area contributed by atoms with E-state index < -0.39 is 12.4 Å². The number of hydrogen-bond donors (Lipinski definition) is 1. The predicted molar refractivity (Wildman–Crippen MR) is 33.7 cm³/mol. The molecule has 6 nitrogen and oxygen atoms in total. The van der Waals surface area contributed by atoms with Gasteiger partial charge < -0.3 is 15.0 Å². The highest BCUT2D eigenvalue weighted by Crippen LogP contribution is 2.18. The number of carbonyl (C=O) groups excluding carboxylic acids is 1. The van der Waals surface area contributed by atoms with Crippen LogP contribution >= 0.6 is 0 Å². The third-order valence-electron chi connectivity index (χ3n) is 1.99. The number of hydrazone groups is 1. The van der Waals surface area contributed by atoms with E-state index >= 15 is 0 Å². The average Bonchev–Trinajstić information content (AvgIpc) is 2.53. The number of aliphatic hydroxyl groups is 1. The van der Waals surface area contributed by atoms with Crippen molar-refractivity contribution in [3.8, 4) is 0 Å². The molecule has 6 heteroatoms. The van der Waals surface area contributed by atoms with Crippen molar-refractivity contribution in [2.45, 2.75) is 19.1 Å². The van der Waals surface area contributed by atoms with E-state index in [0.29, 0.717) is 23.8 Å². The molecule has 0 saturated heterocycles. The zero-order valence-electron chi connectivity index (χ0n) is 6.27. The van der Waals surface area contributed by atoms with Gasteiger partial charge in [-0.3, -0.25) is 0 Å². The van der Waals surface area contributed by atoms with Crippen LogP contribution in [0.3, 0.4) is 0 Å². The van der Waals surface area contributed by atoms with Crippen molar-refractivity contribution in [1.82, 2.24) is 5.17 Å². The van der Waals surface area contributed by atoms with Gasteiger partial charge in [0.25, 0.3) is 6.29 Å². The molecule has 0 aromatic carbocycles. The van der Waals surface area contributed by atoms with Crippen molar-refractivity contribution >= 4 is 11.8 Å². The van der Waals surface area contributed by atoms with Crippen molar-refractivity contribution in [2.75, 3.05) is 6.54 Å². The summed E-state index contributed by atoms with van der Waals surface area (Å²) in [6.07, 6.45) is -1.07. The molecule has 0 aliphatic carbocycles. The fourth-order valence-electron chi connectivity index (χ4n) is 1.49. The van der Waals surface area contributed by atoms with Crippen LogP contribution in [-0.4, -0.2) is 39.6 Å². The van der Waals surface area contributed by atoms with Crippen LogP contribution in [0.1, 0.15) is 12.8 Å². The molecule has 0 aromatic heterocycles. The van der Waals surface area contributed by atoms with E-state index in [2.05, 4.69) is 4.84 Å². The Labute approximate surface area is 68.2 Å². The van der Waals surface area contributed by atoms with Crippen molar-refractivity contribution in [2.24, 2.45) is 0 Å². The first kappa shape index (κ1) is 7.51. The molecule has 0 aromatic rings. The maximum Gasteiger partial charge on any atom is 0.271 e. The van der Waals surface area contributed by atoms with Gasteiger partial charge in [-0.05, 0) is 0 Å². The number of hydrazine groups is 1. The van der Waals surface area contributed by atoms with E-state index in [4.69, 9.17) is 0 Å². The van der Waals surface area contributed by atoms with Crippen LogP contribution in [0.2, 0.25) is 0 Å². The summed E-state index contributed by atoms with van der Waals surface area (Å²) in [5.74, 6) is 0. The summed E-state index contributed by atoms with van der Waals surface area (Å²) < 4.78 is 1.39. The molecule has 0 saturated carbocycles. The topological polar surface area (TPSA) is 75.8 Å². The second kappa shape index (κ2) is 2.43. The lowest BCUT2D eigenvalue weighted by molar-refractivity contribution is -0.728. The molecule has 0 radical (unpaired) electrons. The van der Waals surface area contributed by atoms with E-state index in [1.165, 1.54) is 4.68 Å². The number of carboxylic acid groups (broad SMARTS) is 1. The maximum atomic E-state index is 10.4. The quantitative estimate of drug-likeness (QED) is 0.431. The van der Waals surface area contributed by atoms with Crippen LogP contribution in [0.25, 0.3) is 0 Å². The average molecular weight is 172 g/mol. The van der Waals surface area contributed by atoms with Crippen LogP contribution in [-0.2, 0) is 4.84 Å². The lowest BCUT2D eigenvalue weighted by atomic mass is 10.2. The lowest BCUT2D eigenvalue weighted by Crippen LogP contribution is -2.44. The molecule has 1 atom stereocenters. The van der Waals surface area contributed by atoms with Crippen LogP contribution in [0.4, 0.5) is 4.79 Å². The normalized spacial score (nSPS) is 28.1. The van der Waals surface area contributed by atoms with E-state index in [9.17, 15) is 15.0 Å². The summed E-state index contributed by atoms with van der Waals surface area (Å²) in [6, 6.07) is 0. The molecule has 2 aliphatic rings. The van der Waals surface area contributed by atoms with E-state index in [-0.39, 0.29) is 0 Å². The van der Waals surface area contributed by atoms with E-state index in [1.54, 1.807) is 0 Å². The molecule has 12 heavy (non-hydrogen) atoms. The Balaban J connectivity index is 2.27. The zero-order valence-corrected chi connectivity index (χ0v) is 6.27. The minimum Gasteiger partial charge on any atom is -0.524 e. The van der Waals surface area contributed by atoms with Gasteiger partial charge >= 0.3 is 0 Å². The molecule has 2 aliphatic heterocycles. The Hall–Kier alpha value is -1.14. The maximum absolute atomic E-state index is 10.4. The van der Waals surface area contributed by atoms with Gasteiger partial charge in [0.1, 0.15) is 0 Å². The Morgan fingerprint density at radius 1 is 1.83 bits per heavy atom. The van der Waals surface area contributed by atoms with Gasteiger partial charge in [0.2, 0.25) is 11.8 Å². The van der Waals surface area contributed by atoms with Crippen LogP contribution in [0, 0.1) is 0 Å². The summed E-state index contributed by atoms with van der Waals surface area (Å²) in [5, 5.41) is 20.2. The second-order valence-electron chi connectivity index (χ2n) is 2.71. The molecule has 0 fully saturated rings. The highest BCUT2D eigenvalue weighted by molar-refractivity contribution is 5.84. The molecule has 0 bridgehead atoms. The number of hydroxylamine groups is 1.